The van der Waals surface area contributed by atoms with Gasteiger partial charge in [0.25, 0.3) is 5.91 Å². The molecule has 0 spiro atoms. The Kier molecular flexibility index (Phi) is 5.67. The minimum absolute atomic E-state index is 0.243. The molecular weight excluding hydrogens is 314 g/mol. The second kappa shape index (κ2) is 7.91. The molecule has 8 nitrogen and oxygen atoms in total. The Hall–Kier alpha value is -3.16. The average Bonchev–Trinajstić information content (AvgIpc) is 2.96. The molecule has 0 radical (unpaired) electrons. The van der Waals surface area contributed by atoms with Crippen molar-refractivity contribution in [2.24, 2.45) is 0 Å². The summed E-state index contributed by atoms with van der Waals surface area (Å²) in [5, 5.41) is 4.45. The first kappa shape index (κ1) is 17.2. The SMILES string of the molecule is CCNC(=O)NC(=O)[C@H](C)OC(=O)/C=C/c1nc2ccccc2o1. The van der Waals surface area contributed by atoms with Crippen molar-refractivity contribution in [2.45, 2.75) is 20.0 Å². The zero-order valence-electron chi connectivity index (χ0n) is 13.2. The number of oxazole rings is 1. The third-order valence-corrected chi connectivity index (χ3v) is 2.91. The van der Waals surface area contributed by atoms with Crippen LogP contribution in [-0.4, -0.2) is 35.5 Å². The zero-order valence-corrected chi connectivity index (χ0v) is 13.2. The second-order valence-electron chi connectivity index (χ2n) is 4.78. The number of carbonyl (C=O) groups excluding carboxylic acids is 3. The van der Waals surface area contributed by atoms with Crippen LogP contribution in [0.2, 0.25) is 0 Å². The molecule has 0 fully saturated rings. The zero-order chi connectivity index (χ0) is 17.5. The molecule has 0 aliphatic heterocycles. The monoisotopic (exact) mass is 331 g/mol. The molecule has 126 valence electrons. The molecule has 0 unspecified atom stereocenters. The Bertz CT molecular complexity index is 748. The van der Waals surface area contributed by atoms with Crippen molar-refractivity contribution in [2.75, 3.05) is 6.54 Å². The Labute approximate surface area is 137 Å². The second-order valence-corrected chi connectivity index (χ2v) is 4.78. The van der Waals surface area contributed by atoms with Gasteiger partial charge >= 0.3 is 12.0 Å². The number of aromatic nitrogens is 1. The predicted octanol–water partition coefficient (Wildman–Crippen LogP) is 1.62. The molecule has 1 atom stereocenters. The number of carbonyl (C=O) groups is 3. The lowest BCUT2D eigenvalue weighted by atomic mass is 10.3. The standard InChI is InChI=1S/C16H17N3O5/c1-3-17-16(22)19-15(21)10(2)23-14(20)9-8-13-18-11-6-4-5-7-12(11)24-13/h4-10H,3H2,1-2H3,(H2,17,19,21,22)/b9-8+/t10-/m0/s1. The molecule has 0 aliphatic carbocycles. The quantitative estimate of drug-likeness (QED) is 0.636. The number of imide groups is 1. The summed E-state index contributed by atoms with van der Waals surface area (Å²) in [5.41, 5.74) is 1.26. The fraction of sp³-hybridized carbons (Fsp3) is 0.250. The van der Waals surface area contributed by atoms with Crippen LogP contribution in [0.15, 0.2) is 34.8 Å². The Balaban J connectivity index is 1.89. The van der Waals surface area contributed by atoms with E-state index >= 15 is 0 Å². The summed E-state index contributed by atoms with van der Waals surface area (Å²) in [6, 6.07) is 6.52. The van der Waals surface area contributed by atoms with Crippen molar-refractivity contribution in [1.82, 2.24) is 15.6 Å². The molecule has 24 heavy (non-hydrogen) atoms. The number of esters is 1. The van der Waals surface area contributed by atoms with Crippen LogP contribution in [0.3, 0.4) is 0 Å². The van der Waals surface area contributed by atoms with Gasteiger partial charge in [0.2, 0.25) is 5.89 Å². The molecule has 0 saturated carbocycles. The van der Waals surface area contributed by atoms with Gasteiger partial charge in [0.05, 0.1) is 0 Å². The van der Waals surface area contributed by atoms with E-state index in [1.807, 2.05) is 12.1 Å². The molecule has 0 bridgehead atoms. The van der Waals surface area contributed by atoms with Gasteiger partial charge < -0.3 is 14.5 Å². The van der Waals surface area contributed by atoms with Gasteiger partial charge in [-0.2, -0.15) is 0 Å². The fourth-order valence-corrected chi connectivity index (χ4v) is 1.79. The Morgan fingerprint density at radius 1 is 1.33 bits per heavy atom. The summed E-state index contributed by atoms with van der Waals surface area (Å²) in [6.45, 7) is 3.45. The highest BCUT2D eigenvalue weighted by Crippen LogP contribution is 2.15. The number of hydrogen-bond acceptors (Lipinski definition) is 6. The summed E-state index contributed by atoms with van der Waals surface area (Å²) in [4.78, 5) is 38.7. The van der Waals surface area contributed by atoms with Gasteiger partial charge in [-0.15, -0.1) is 0 Å². The molecule has 2 rings (SSSR count). The minimum atomic E-state index is -1.12. The molecule has 1 aromatic heterocycles. The smallest absolute Gasteiger partial charge is 0.331 e. The van der Waals surface area contributed by atoms with E-state index in [-0.39, 0.29) is 5.89 Å². The van der Waals surface area contributed by atoms with Crippen LogP contribution in [0.1, 0.15) is 19.7 Å². The first-order chi connectivity index (χ1) is 11.5. The first-order valence-corrected chi connectivity index (χ1v) is 7.32. The molecular formula is C16H17N3O5. The van der Waals surface area contributed by atoms with Gasteiger partial charge in [-0.3, -0.25) is 10.1 Å². The number of urea groups is 1. The lowest BCUT2D eigenvalue weighted by Crippen LogP contribution is -2.44. The number of nitrogens with zero attached hydrogens (tertiary/aromatic N) is 1. The van der Waals surface area contributed by atoms with Crippen LogP contribution < -0.4 is 10.6 Å². The number of amides is 3. The minimum Gasteiger partial charge on any atom is -0.449 e. The van der Waals surface area contributed by atoms with Crippen LogP contribution >= 0.6 is 0 Å². The average molecular weight is 331 g/mol. The highest BCUT2D eigenvalue weighted by molar-refractivity contribution is 5.98. The van der Waals surface area contributed by atoms with Gasteiger partial charge in [0, 0.05) is 18.7 Å². The molecule has 1 heterocycles. The number of rotatable bonds is 5. The van der Waals surface area contributed by atoms with E-state index in [2.05, 4.69) is 15.6 Å². The number of hydrogen-bond donors (Lipinski definition) is 2. The van der Waals surface area contributed by atoms with Crippen LogP contribution in [0, 0.1) is 0 Å². The number of fused-ring (bicyclic) bond motifs is 1. The maximum Gasteiger partial charge on any atom is 0.331 e. The molecule has 2 aromatic rings. The highest BCUT2D eigenvalue weighted by Gasteiger charge is 2.18. The maximum atomic E-state index is 11.7. The fourth-order valence-electron chi connectivity index (χ4n) is 1.79. The Morgan fingerprint density at radius 3 is 2.79 bits per heavy atom. The van der Waals surface area contributed by atoms with Crippen molar-refractivity contribution < 1.29 is 23.5 Å². The summed E-state index contributed by atoms with van der Waals surface area (Å²) < 4.78 is 10.3. The van der Waals surface area contributed by atoms with Gasteiger partial charge in [-0.25, -0.2) is 14.6 Å². The summed E-state index contributed by atoms with van der Waals surface area (Å²) in [6.07, 6.45) is 1.32. The van der Waals surface area contributed by atoms with Crippen LogP contribution in [-0.2, 0) is 14.3 Å². The van der Waals surface area contributed by atoms with E-state index in [0.717, 1.165) is 6.08 Å². The molecule has 0 saturated heterocycles. The highest BCUT2D eigenvalue weighted by atomic mass is 16.5. The predicted molar refractivity (Wildman–Crippen MR) is 85.8 cm³/mol. The van der Waals surface area contributed by atoms with Crippen molar-refractivity contribution >= 4 is 35.1 Å². The van der Waals surface area contributed by atoms with Crippen molar-refractivity contribution in [1.29, 1.82) is 0 Å². The third kappa shape index (κ3) is 4.67. The van der Waals surface area contributed by atoms with E-state index in [1.165, 1.54) is 13.0 Å². The van der Waals surface area contributed by atoms with E-state index in [1.54, 1.807) is 19.1 Å². The molecule has 8 heteroatoms. The summed E-state index contributed by atoms with van der Waals surface area (Å²) in [5.74, 6) is -1.23. The van der Waals surface area contributed by atoms with Gasteiger partial charge in [0.1, 0.15) is 5.52 Å². The molecule has 2 N–H and O–H groups in total. The van der Waals surface area contributed by atoms with Gasteiger partial charge in [0.15, 0.2) is 11.7 Å². The lowest BCUT2D eigenvalue weighted by molar-refractivity contribution is -0.149. The van der Waals surface area contributed by atoms with E-state index in [0.29, 0.717) is 17.6 Å². The van der Waals surface area contributed by atoms with Crippen LogP contribution in [0.5, 0.6) is 0 Å². The largest absolute Gasteiger partial charge is 0.449 e. The topological polar surface area (TPSA) is 111 Å². The Morgan fingerprint density at radius 2 is 2.08 bits per heavy atom. The lowest BCUT2D eigenvalue weighted by Gasteiger charge is -2.11. The normalized spacial score (nSPS) is 12.1. The van der Waals surface area contributed by atoms with Gasteiger partial charge in [-0.1, -0.05) is 12.1 Å². The maximum absolute atomic E-state index is 11.7. The summed E-state index contributed by atoms with van der Waals surface area (Å²) >= 11 is 0. The number of para-hydroxylation sites is 2. The van der Waals surface area contributed by atoms with Crippen LogP contribution in [0.4, 0.5) is 4.79 Å². The van der Waals surface area contributed by atoms with Crippen molar-refractivity contribution in [3.63, 3.8) is 0 Å². The molecule has 1 aromatic carbocycles. The van der Waals surface area contributed by atoms with Crippen molar-refractivity contribution in [3.05, 3.63) is 36.2 Å². The summed E-state index contributed by atoms with van der Waals surface area (Å²) in [7, 11) is 0. The van der Waals surface area contributed by atoms with Crippen LogP contribution in [0.25, 0.3) is 17.2 Å². The van der Waals surface area contributed by atoms with E-state index in [9.17, 15) is 14.4 Å². The third-order valence-electron chi connectivity index (χ3n) is 2.91. The van der Waals surface area contributed by atoms with Crippen molar-refractivity contribution in [3.8, 4) is 0 Å². The number of benzene rings is 1. The molecule has 3 amide bonds. The van der Waals surface area contributed by atoms with Gasteiger partial charge in [-0.05, 0) is 26.0 Å². The van der Waals surface area contributed by atoms with E-state index < -0.39 is 24.0 Å². The number of nitrogens with one attached hydrogen (secondary N) is 2. The first-order valence-electron chi connectivity index (χ1n) is 7.32. The molecule has 0 aliphatic rings. The number of ether oxygens (including phenoxy) is 1. The van der Waals surface area contributed by atoms with E-state index in [4.69, 9.17) is 9.15 Å².